The lowest BCUT2D eigenvalue weighted by molar-refractivity contribution is 0.301. The van der Waals surface area contributed by atoms with Crippen molar-refractivity contribution in [2.75, 3.05) is 5.73 Å². The molecule has 0 saturated carbocycles. The number of hydrogen-bond donors (Lipinski definition) is 1. The van der Waals surface area contributed by atoms with Gasteiger partial charge in [0.2, 0.25) is 0 Å². The summed E-state index contributed by atoms with van der Waals surface area (Å²) in [6, 6.07) is 12.1. The molecular weight excluding hydrogens is 217 g/mol. The molecule has 0 spiro atoms. The van der Waals surface area contributed by atoms with Gasteiger partial charge in [0.1, 0.15) is 18.2 Å². The molecule has 0 saturated heterocycles. The van der Waals surface area contributed by atoms with E-state index in [0.29, 0.717) is 17.0 Å². The van der Waals surface area contributed by atoms with Crippen molar-refractivity contribution in [1.82, 2.24) is 0 Å². The van der Waals surface area contributed by atoms with Crippen LogP contribution in [0.1, 0.15) is 11.1 Å². The van der Waals surface area contributed by atoms with Gasteiger partial charge in [-0.05, 0) is 30.7 Å². The van der Waals surface area contributed by atoms with E-state index in [1.807, 2.05) is 19.1 Å². The van der Waals surface area contributed by atoms with Crippen LogP contribution in [0.2, 0.25) is 0 Å². The highest BCUT2D eigenvalue weighted by Crippen LogP contribution is 2.23. The summed E-state index contributed by atoms with van der Waals surface area (Å²) in [5.74, 6) is 0.326. The number of hydrogen-bond acceptors (Lipinski definition) is 2. The van der Waals surface area contributed by atoms with E-state index in [9.17, 15) is 4.39 Å². The Morgan fingerprint density at radius 1 is 1.18 bits per heavy atom. The van der Waals surface area contributed by atoms with Crippen molar-refractivity contribution >= 4 is 5.69 Å². The van der Waals surface area contributed by atoms with Gasteiger partial charge in [0.15, 0.2) is 0 Å². The lowest BCUT2D eigenvalue weighted by Gasteiger charge is -2.10. The number of ether oxygens (including phenoxy) is 1. The van der Waals surface area contributed by atoms with Gasteiger partial charge < -0.3 is 10.5 Å². The second kappa shape index (κ2) is 4.87. The fraction of sp³-hybridized carbons (Fsp3) is 0.143. The Morgan fingerprint density at radius 2 is 1.94 bits per heavy atom. The van der Waals surface area contributed by atoms with Crippen LogP contribution in [0.25, 0.3) is 0 Å². The van der Waals surface area contributed by atoms with Crippen molar-refractivity contribution in [3.05, 3.63) is 59.4 Å². The zero-order valence-electron chi connectivity index (χ0n) is 9.61. The molecule has 0 atom stereocenters. The van der Waals surface area contributed by atoms with Gasteiger partial charge in [0.05, 0.1) is 5.69 Å². The highest BCUT2D eigenvalue weighted by molar-refractivity contribution is 5.53. The molecule has 2 nitrogen and oxygen atoms in total. The van der Waals surface area contributed by atoms with Gasteiger partial charge in [0.25, 0.3) is 0 Å². The summed E-state index contributed by atoms with van der Waals surface area (Å²) >= 11 is 0. The maximum atomic E-state index is 13.4. The predicted octanol–water partition coefficient (Wildman–Crippen LogP) is 3.30. The number of rotatable bonds is 3. The molecule has 2 aromatic rings. The number of halogens is 1. The number of benzene rings is 2. The molecule has 0 bridgehead atoms. The summed E-state index contributed by atoms with van der Waals surface area (Å²) in [5, 5.41) is 0. The van der Waals surface area contributed by atoms with Gasteiger partial charge in [-0.3, -0.25) is 0 Å². The molecule has 0 aliphatic rings. The zero-order valence-corrected chi connectivity index (χ0v) is 9.61. The van der Waals surface area contributed by atoms with Crippen LogP contribution in [0.5, 0.6) is 5.75 Å². The van der Waals surface area contributed by atoms with Gasteiger partial charge >= 0.3 is 0 Å². The molecule has 0 heterocycles. The molecule has 0 fully saturated rings. The molecule has 2 rings (SSSR count). The second-order valence-corrected chi connectivity index (χ2v) is 3.92. The summed E-state index contributed by atoms with van der Waals surface area (Å²) in [6.45, 7) is 2.13. The van der Waals surface area contributed by atoms with Crippen LogP contribution in [0.3, 0.4) is 0 Å². The molecule has 88 valence electrons. The third-order valence-corrected chi connectivity index (χ3v) is 2.51. The topological polar surface area (TPSA) is 35.2 Å². The van der Waals surface area contributed by atoms with Gasteiger partial charge in [-0.15, -0.1) is 0 Å². The Kier molecular flexibility index (Phi) is 3.28. The van der Waals surface area contributed by atoms with Crippen molar-refractivity contribution in [3.8, 4) is 5.75 Å². The van der Waals surface area contributed by atoms with E-state index in [4.69, 9.17) is 10.5 Å². The third-order valence-electron chi connectivity index (χ3n) is 2.51. The van der Waals surface area contributed by atoms with Gasteiger partial charge in [-0.1, -0.05) is 24.3 Å². The number of aryl methyl sites for hydroxylation is 1. The lowest BCUT2D eigenvalue weighted by atomic mass is 10.2. The Morgan fingerprint density at radius 3 is 2.71 bits per heavy atom. The lowest BCUT2D eigenvalue weighted by Crippen LogP contribution is -2.00. The largest absolute Gasteiger partial charge is 0.487 e. The fourth-order valence-electron chi connectivity index (χ4n) is 1.54. The van der Waals surface area contributed by atoms with Crippen LogP contribution in [-0.2, 0) is 6.61 Å². The highest BCUT2D eigenvalue weighted by Gasteiger charge is 2.04. The normalized spacial score (nSPS) is 10.2. The molecule has 0 aromatic heterocycles. The highest BCUT2D eigenvalue weighted by atomic mass is 19.1. The average Bonchev–Trinajstić information content (AvgIpc) is 2.32. The van der Waals surface area contributed by atoms with Crippen molar-refractivity contribution < 1.29 is 9.13 Å². The number of nitrogens with two attached hydrogens (primary N) is 1. The van der Waals surface area contributed by atoms with Crippen molar-refractivity contribution in [3.63, 3.8) is 0 Å². The molecule has 3 heteroatoms. The summed E-state index contributed by atoms with van der Waals surface area (Å²) in [5.41, 5.74) is 7.91. The summed E-state index contributed by atoms with van der Waals surface area (Å²) in [4.78, 5) is 0. The number of nitrogen functional groups attached to an aromatic ring is 1. The summed E-state index contributed by atoms with van der Waals surface area (Å²) in [6.07, 6.45) is 0. The molecule has 0 unspecified atom stereocenters. The summed E-state index contributed by atoms with van der Waals surface area (Å²) < 4.78 is 18.9. The molecular formula is C14H14FNO. The zero-order chi connectivity index (χ0) is 12.3. The minimum atomic E-state index is -0.265. The fourth-order valence-corrected chi connectivity index (χ4v) is 1.54. The van der Waals surface area contributed by atoms with E-state index in [1.54, 1.807) is 24.3 Å². The Hall–Kier alpha value is -2.03. The smallest absolute Gasteiger partial charge is 0.142 e. The van der Waals surface area contributed by atoms with Crippen LogP contribution >= 0.6 is 0 Å². The monoisotopic (exact) mass is 231 g/mol. The van der Waals surface area contributed by atoms with Crippen LogP contribution in [0.4, 0.5) is 10.1 Å². The molecule has 0 amide bonds. The first kappa shape index (κ1) is 11.5. The molecule has 0 radical (unpaired) electrons. The van der Waals surface area contributed by atoms with Crippen LogP contribution in [0.15, 0.2) is 42.5 Å². The first-order valence-electron chi connectivity index (χ1n) is 5.39. The van der Waals surface area contributed by atoms with E-state index in [-0.39, 0.29) is 12.4 Å². The van der Waals surface area contributed by atoms with Crippen molar-refractivity contribution in [1.29, 1.82) is 0 Å². The predicted molar refractivity (Wildman–Crippen MR) is 66.3 cm³/mol. The third kappa shape index (κ3) is 2.75. The molecule has 0 aliphatic carbocycles. The quantitative estimate of drug-likeness (QED) is 0.822. The SMILES string of the molecule is Cc1ccc(N)c(OCc2ccccc2F)c1. The van der Waals surface area contributed by atoms with Crippen molar-refractivity contribution in [2.24, 2.45) is 0 Å². The van der Waals surface area contributed by atoms with Gasteiger partial charge in [-0.2, -0.15) is 0 Å². The molecule has 2 N–H and O–H groups in total. The first-order valence-corrected chi connectivity index (χ1v) is 5.39. The van der Waals surface area contributed by atoms with Crippen molar-refractivity contribution in [2.45, 2.75) is 13.5 Å². The second-order valence-electron chi connectivity index (χ2n) is 3.92. The van der Waals surface area contributed by atoms with Crippen LogP contribution < -0.4 is 10.5 Å². The van der Waals surface area contributed by atoms with E-state index in [2.05, 4.69) is 0 Å². The minimum absolute atomic E-state index is 0.181. The van der Waals surface area contributed by atoms with E-state index in [0.717, 1.165) is 5.56 Å². The molecule has 0 aliphatic heterocycles. The maximum Gasteiger partial charge on any atom is 0.142 e. The number of anilines is 1. The standard InChI is InChI=1S/C14H14FNO/c1-10-6-7-13(16)14(8-10)17-9-11-4-2-3-5-12(11)15/h2-8H,9,16H2,1H3. The Labute approximate surface area is 99.8 Å². The minimum Gasteiger partial charge on any atom is -0.487 e. The molecule has 2 aromatic carbocycles. The Bertz CT molecular complexity index is 525. The average molecular weight is 231 g/mol. The first-order chi connectivity index (χ1) is 8.16. The van der Waals surface area contributed by atoms with Gasteiger partial charge in [0, 0.05) is 5.56 Å². The maximum absolute atomic E-state index is 13.4. The summed E-state index contributed by atoms with van der Waals surface area (Å²) in [7, 11) is 0. The van der Waals surface area contributed by atoms with Crippen LogP contribution in [0, 0.1) is 12.7 Å². The van der Waals surface area contributed by atoms with Crippen LogP contribution in [-0.4, -0.2) is 0 Å². The van der Waals surface area contributed by atoms with E-state index < -0.39 is 0 Å². The molecule has 17 heavy (non-hydrogen) atoms. The van der Waals surface area contributed by atoms with Gasteiger partial charge in [-0.25, -0.2) is 4.39 Å². The van der Waals surface area contributed by atoms with E-state index in [1.165, 1.54) is 6.07 Å². The Balaban J connectivity index is 2.12. The van der Waals surface area contributed by atoms with E-state index >= 15 is 0 Å².